The first-order chi connectivity index (χ1) is 12.7. The zero-order valence-electron chi connectivity index (χ0n) is 15.5. The number of carbonyl (C=O) groups excluding carboxylic acids is 1. The van der Waals surface area contributed by atoms with E-state index in [4.69, 9.17) is 4.74 Å². The number of carbonyl (C=O) groups is 1. The van der Waals surface area contributed by atoms with Crippen molar-refractivity contribution in [2.75, 3.05) is 37.0 Å². The number of imidazole rings is 1. The number of hydrogen-bond donors (Lipinski definition) is 1. The molecular weight excluding hydrogens is 328 g/mol. The van der Waals surface area contributed by atoms with Crippen molar-refractivity contribution in [3.63, 3.8) is 0 Å². The highest BCUT2D eigenvalue weighted by atomic mass is 16.5. The van der Waals surface area contributed by atoms with Crippen LogP contribution in [0.4, 0.5) is 11.4 Å². The molecule has 1 aromatic carbocycles. The van der Waals surface area contributed by atoms with Gasteiger partial charge in [-0.15, -0.1) is 0 Å². The van der Waals surface area contributed by atoms with Crippen molar-refractivity contribution in [3.05, 3.63) is 41.5 Å². The first-order valence-corrected chi connectivity index (χ1v) is 9.37. The Bertz CT molecular complexity index is 808. The van der Waals surface area contributed by atoms with Crippen molar-refractivity contribution in [1.29, 1.82) is 0 Å². The fraction of sp³-hybridized carbons (Fsp3) is 0.500. The Morgan fingerprint density at radius 3 is 2.88 bits per heavy atom. The largest absolute Gasteiger partial charge is 0.383 e. The summed E-state index contributed by atoms with van der Waals surface area (Å²) in [6.45, 7) is 5.68. The maximum absolute atomic E-state index is 12.5. The number of nitrogens with one attached hydrogen (secondary N) is 1. The first-order valence-electron chi connectivity index (χ1n) is 9.37. The number of benzene rings is 1. The lowest BCUT2D eigenvalue weighted by molar-refractivity contribution is -0.116. The van der Waals surface area contributed by atoms with E-state index in [1.165, 1.54) is 18.5 Å². The number of anilines is 2. The summed E-state index contributed by atoms with van der Waals surface area (Å²) in [5.41, 5.74) is 4.54. The van der Waals surface area contributed by atoms with Crippen LogP contribution in [0.3, 0.4) is 0 Å². The molecule has 2 aromatic rings. The molecule has 2 aliphatic heterocycles. The average molecular weight is 354 g/mol. The molecule has 138 valence electrons. The lowest BCUT2D eigenvalue weighted by Gasteiger charge is -2.30. The van der Waals surface area contributed by atoms with Crippen LogP contribution in [0.15, 0.2) is 24.5 Å². The van der Waals surface area contributed by atoms with Gasteiger partial charge in [0.05, 0.1) is 12.5 Å². The van der Waals surface area contributed by atoms with Crippen molar-refractivity contribution < 1.29 is 9.53 Å². The number of fused-ring (bicyclic) bond motifs is 1. The summed E-state index contributed by atoms with van der Waals surface area (Å²) in [7, 11) is 1.70. The third-order valence-corrected chi connectivity index (χ3v) is 5.54. The van der Waals surface area contributed by atoms with Gasteiger partial charge in [-0.25, -0.2) is 4.98 Å². The predicted molar refractivity (Wildman–Crippen MR) is 102 cm³/mol. The lowest BCUT2D eigenvalue weighted by Crippen LogP contribution is -2.27. The van der Waals surface area contributed by atoms with E-state index < -0.39 is 0 Å². The van der Waals surface area contributed by atoms with Gasteiger partial charge in [0.15, 0.2) is 0 Å². The van der Waals surface area contributed by atoms with Crippen molar-refractivity contribution in [3.8, 4) is 0 Å². The van der Waals surface area contributed by atoms with Crippen molar-refractivity contribution in [2.24, 2.45) is 0 Å². The third kappa shape index (κ3) is 2.98. The number of aromatic nitrogens is 2. The summed E-state index contributed by atoms with van der Waals surface area (Å²) in [6.07, 6.45) is 6.68. The molecule has 6 nitrogen and oxygen atoms in total. The predicted octanol–water partition coefficient (Wildman–Crippen LogP) is 2.91. The molecule has 0 bridgehead atoms. The number of rotatable bonds is 5. The minimum atomic E-state index is -0.0167. The highest BCUT2D eigenvalue weighted by Crippen LogP contribution is 2.41. The smallest absolute Gasteiger partial charge is 0.225 e. The molecule has 0 unspecified atom stereocenters. The van der Waals surface area contributed by atoms with E-state index >= 15 is 0 Å². The first kappa shape index (κ1) is 17.1. The van der Waals surface area contributed by atoms with E-state index in [0.717, 1.165) is 42.3 Å². The number of methoxy groups -OCH3 is 1. The normalized spacial score (nSPS) is 19.5. The van der Waals surface area contributed by atoms with Crippen molar-refractivity contribution in [2.45, 2.75) is 38.6 Å². The van der Waals surface area contributed by atoms with Crippen LogP contribution in [-0.2, 0) is 16.1 Å². The molecule has 1 aromatic heterocycles. The maximum atomic E-state index is 12.5. The van der Waals surface area contributed by atoms with E-state index in [9.17, 15) is 4.79 Å². The zero-order valence-corrected chi connectivity index (χ0v) is 15.5. The van der Waals surface area contributed by atoms with E-state index in [-0.39, 0.29) is 11.8 Å². The van der Waals surface area contributed by atoms with Crippen LogP contribution in [-0.4, -0.2) is 42.3 Å². The molecule has 0 spiro atoms. The molecule has 1 N–H and O–H groups in total. The van der Waals surface area contributed by atoms with Crippen LogP contribution in [0, 0.1) is 6.92 Å². The lowest BCUT2D eigenvalue weighted by atomic mass is 9.87. The summed E-state index contributed by atoms with van der Waals surface area (Å²) in [4.78, 5) is 19.4. The van der Waals surface area contributed by atoms with Crippen LogP contribution in [0.25, 0.3) is 0 Å². The molecule has 1 amide bonds. The second-order valence-electron chi connectivity index (χ2n) is 7.14. The molecular formula is C20H26N4O2. The van der Waals surface area contributed by atoms with Gasteiger partial charge < -0.3 is 19.5 Å². The molecule has 0 saturated carbocycles. The van der Waals surface area contributed by atoms with Gasteiger partial charge in [0.2, 0.25) is 5.91 Å². The van der Waals surface area contributed by atoms with Gasteiger partial charge >= 0.3 is 0 Å². The summed E-state index contributed by atoms with van der Waals surface area (Å²) in [5, 5.41) is 3.12. The second kappa shape index (κ2) is 7.11. The van der Waals surface area contributed by atoms with Crippen molar-refractivity contribution in [1.82, 2.24) is 9.55 Å². The molecule has 4 rings (SSSR count). The highest BCUT2D eigenvalue weighted by molar-refractivity contribution is 5.97. The standard InChI is InChI=1S/C20H26N4O2/c1-14-17(23-8-3-4-9-23)6-5-15-16(13-18(25)22-19(14)15)20-21-7-10-24(20)11-12-26-2/h5-7,10,16H,3-4,8-9,11-13H2,1-2H3,(H,22,25)/t16-/m1/s1. The van der Waals surface area contributed by atoms with Crippen LogP contribution >= 0.6 is 0 Å². The number of amides is 1. The van der Waals surface area contributed by atoms with Gasteiger partial charge in [0, 0.05) is 56.9 Å². The SMILES string of the molecule is COCCn1ccnc1[C@@H]1CC(=O)Nc2c1ccc(N1CCCC1)c2C. The van der Waals surface area contributed by atoms with Crippen LogP contribution in [0.1, 0.15) is 42.1 Å². The summed E-state index contributed by atoms with van der Waals surface area (Å²) < 4.78 is 7.30. The summed E-state index contributed by atoms with van der Waals surface area (Å²) in [5.74, 6) is 0.980. The molecule has 26 heavy (non-hydrogen) atoms. The van der Waals surface area contributed by atoms with E-state index in [0.29, 0.717) is 13.0 Å². The molecule has 0 radical (unpaired) electrons. The second-order valence-corrected chi connectivity index (χ2v) is 7.14. The molecule has 2 aliphatic rings. The third-order valence-electron chi connectivity index (χ3n) is 5.54. The number of hydrogen-bond acceptors (Lipinski definition) is 4. The molecule has 0 aliphatic carbocycles. The minimum Gasteiger partial charge on any atom is -0.383 e. The van der Waals surface area contributed by atoms with E-state index in [2.05, 4.69) is 38.8 Å². The minimum absolute atomic E-state index is 0.0167. The van der Waals surface area contributed by atoms with Gasteiger partial charge in [0.25, 0.3) is 0 Å². The van der Waals surface area contributed by atoms with Crippen LogP contribution < -0.4 is 10.2 Å². The Labute approximate surface area is 154 Å². The Balaban J connectivity index is 1.73. The topological polar surface area (TPSA) is 59.4 Å². The monoisotopic (exact) mass is 354 g/mol. The van der Waals surface area contributed by atoms with Gasteiger partial charge in [0.1, 0.15) is 5.82 Å². The quantitative estimate of drug-likeness (QED) is 0.897. The zero-order chi connectivity index (χ0) is 18.1. The Kier molecular flexibility index (Phi) is 4.68. The Hall–Kier alpha value is -2.34. The fourth-order valence-electron chi connectivity index (χ4n) is 4.20. The van der Waals surface area contributed by atoms with Crippen molar-refractivity contribution >= 4 is 17.3 Å². The molecule has 1 atom stereocenters. The molecule has 3 heterocycles. The summed E-state index contributed by atoms with van der Waals surface area (Å²) >= 11 is 0. The fourth-order valence-corrected chi connectivity index (χ4v) is 4.20. The highest BCUT2D eigenvalue weighted by Gasteiger charge is 2.31. The molecule has 1 fully saturated rings. The number of ether oxygens (including phenoxy) is 1. The van der Waals surface area contributed by atoms with Gasteiger partial charge in [-0.2, -0.15) is 0 Å². The van der Waals surface area contributed by atoms with Gasteiger partial charge in [-0.05, 0) is 37.0 Å². The number of nitrogens with zero attached hydrogens (tertiary/aromatic N) is 3. The molecule has 6 heteroatoms. The summed E-state index contributed by atoms with van der Waals surface area (Å²) in [6, 6.07) is 4.39. The van der Waals surface area contributed by atoms with E-state index in [1.54, 1.807) is 7.11 Å². The van der Waals surface area contributed by atoms with Gasteiger partial charge in [-0.3, -0.25) is 4.79 Å². The van der Waals surface area contributed by atoms with Crippen LogP contribution in [0.5, 0.6) is 0 Å². The molecule has 1 saturated heterocycles. The van der Waals surface area contributed by atoms with E-state index in [1.807, 2.05) is 12.4 Å². The van der Waals surface area contributed by atoms with Crippen LogP contribution in [0.2, 0.25) is 0 Å². The Morgan fingerprint density at radius 1 is 1.31 bits per heavy atom. The van der Waals surface area contributed by atoms with Gasteiger partial charge in [-0.1, -0.05) is 6.07 Å². The maximum Gasteiger partial charge on any atom is 0.225 e. The Morgan fingerprint density at radius 2 is 2.12 bits per heavy atom. The average Bonchev–Trinajstić information content (AvgIpc) is 3.32.